The number of carbonyl (C=O) groups is 2. The minimum atomic E-state index is -3.62. The molecule has 168 valence electrons. The first kappa shape index (κ1) is 24.2. The van der Waals surface area contributed by atoms with Crippen molar-refractivity contribution in [3.63, 3.8) is 0 Å². The molecule has 0 saturated carbocycles. The van der Waals surface area contributed by atoms with Crippen molar-refractivity contribution in [2.75, 3.05) is 18.8 Å². The second-order valence-corrected chi connectivity index (χ2v) is 10.7. The maximum absolute atomic E-state index is 12.3. The number of hydrogen-bond donors (Lipinski definition) is 1. The molecule has 8 heteroatoms. The second-order valence-electron chi connectivity index (χ2n) is 8.84. The fraction of sp³-hybridized carbons (Fsp3) is 0.636. The molecule has 0 aliphatic carbocycles. The largest absolute Gasteiger partial charge is 0.486 e. The normalized spacial score (nSPS) is 14.9. The average molecular weight is 439 g/mol. The van der Waals surface area contributed by atoms with Gasteiger partial charge in [0.2, 0.25) is 21.8 Å². The number of nitrogens with zero attached hydrogens (tertiary/aromatic N) is 1. The summed E-state index contributed by atoms with van der Waals surface area (Å²) in [6.45, 7) is 9.29. The van der Waals surface area contributed by atoms with Gasteiger partial charge in [-0.1, -0.05) is 58.7 Å². The molecule has 0 bridgehead atoms. The third-order valence-corrected chi connectivity index (χ3v) is 6.41. The Balaban J connectivity index is 1.74. The van der Waals surface area contributed by atoms with Gasteiger partial charge >= 0.3 is 0 Å². The standard InChI is InChI=1S/C22H34N2O5S/c1-5-6-9-14-30(27,28)23-20(25)12-13-21(26)24-15-17(16-24)29-19-11-8-7-10-18(19)22(2,3)4/h7-8,10-11,17H,5-6,9,12-16H2,1-4H3,(H,23,25). The maximum Gasteiger partial charge on any atom is 0.234 e. The molecule has 2 amide bonds. The highest BCUT2D eigenvalue weighted by atomic mass is 32.2. The molecule has 1 heterocycles. The van der Waals surface area contributed by atoms with Crippen LogP contribution in [0.3, 0.4) is 0 Å². The number of likely N-dealkylation sites (tertiary alicyclic amines) is 1. The van der Waals surface area contributed by atoms with Crippen LogP contribution >= 0.6 is 0 Å². The summed E-state index contributed by atoms with van der Waals surface area (Å²) in [6.07, 6.45) is 1.99. The Hall–Kier alpha value is -2.09. The summed E-state index contributed by atoms with van der Waals surface area (Å²) in [5.74, 6) is -0.0404. The molecule has 1 aliphatic rings. The number of unbranched alkanes of at least 4 members (excludes halogenated alkanes) is 2. The lowest BCUT2D eigenvalue weighted by atomic mass is 9.86. The highest BCUT2D eigenvalue weighted by Gasteiger charge is 2.33. The lowest BCUT2D eigenvalue weighted by molar-refractivity contribution is -0.141. The minimum absolute atomic E-state index is 0.0123. The topological polar surface area (TPSA) is 92.8 Å². The van der Waals surface area contributed by atoms with E-state index < -0.39 is 15.9 Å². The molecule has 1 aromatic carbocycles. The Morgan fingerprint density at radius 1 is 1.13 bits per heavy atom. The number of ether oxygens (including phenoxy) is 1. The molecule has 0 atom stereocenters. The molecule has 1 fully saturated rings. The minimum Gasteiger partial charge on any atom is -0.486 e. The van der Waals surface area contributed by atoms with Gasteiger partial charge in [0.1, 0.15) is 11.9 Å². The van der Waals surface area contributed by atoms with E-state index in [0.717, 1.165) is 24.2 Å². The summed E-state index contributed by atoms with van der Waals surface area (Å²) in [6, 6.07) is 7.91. The van der Waals surface area contributed by atoms with Gasteiger partial charge in [0.25, 0.3) is 0 Å². The molecule has 7 nitrogen and oxygen atoms in total. The summed E-state index contributed by atoms with van der Waals surface area (Å²) in [5, 5.41) is 0. The molecular weight excluding hydrogens is 404 g/mol. The van der Waals surface area contributed by atoms with Crippen LogP contribution in [0.2, 0.25) is 0 Å². The van der Waals surface area contributed by atoms with Crippen LogP contribution in [-0.4, -0.2) is 50.1 Å². The van der Waals surface area contributed by atoms with Crippen molar-refractivity contribution < 1.29 is 22.7 Å². The van der Waals surface area contributed by atoms with Gasteiger partial charge in [-0.2, -0.15) is 0 Å². The van der Waals surface area contributed by atoms with E-state index >= 15 is 0 Å². The van der Waals surface area contributed by atoms with Crippen LogP contribution in [0.25, 0.3) is 0 Å². The number of nitrogens with one attached hydrogen (secondary N) is 1. The molecule has 0 unspecified atom stereocenters. The fourth-order valence-electron chi connectivity index (χ4n) is 3.28. The van der Waals surface area contributed by atoms with Gasteiger partial charge in [0, 0.05) is 12.8 Å². The number of rotatable bonds is 10. The van der Waals surface area contributed by atoms with Gasteiger partial charge in [0.05, 0.1) is 18.8 Å². The first-order valence-corrected chi connectivity index (χ1v) is 12.2. The van der Waals surface area contributed by atoms with Crippen LogP contribution < -0.4 is 9.46 Å². The molecular formula is C22H34N2O5S. The highest BCUT2D eigenvalue weighted by Crippen LogP contribution is 2.32. The van der Waals surface area contributed by atoms with Crippen LogP contribution in [0.15, 0.2) is 24.3 Å². The van der Waals surface area contributed by atoms with E-state index in [1.165, 1.54) is 0 Å². The highest BCUT2D eigenvalue weighted by molar-refractivity contribution is 7.90. The van der Waals surface area contributed by atoms with Crippen LogP contribution in [0.4, 0.5) is 0 Å². The molecule has 1 N–H and O–H groups in total. The predicted octanol–water partition coefficient (Wildman–Crippen LogP) is 2.99. The smallest absolute Gasteiger partial charge is 0.234 e. The van der Waals surface area contributed by atoms with Crippen molar-refractivity contribution in [2.24, 2.45) is 0 Å². The van der Waals surface area contributed by atoms with E-state index in [2.05, 4.69) is 20.8 Å². The Bertz CT molecular complexity index is 839. The zero-order valence-corrected chi connectivity index (χ0v) is 19.3. The third-order valence-electron chi connectivity index (χ3n) is 5.04. The first-order valence-electron chi connectivity index (χ1n) is 10.6. The quantitative estimate of drug-likeness (QED) is 0.567. The number of carbonyl (C=O) groups excluding carboxylic acids is 2. The van der Waals surface area contributed by atoms with Gasteiger partial charge in [-0.3, -0.25) is 14.3 Å². The van der Waals surface area contributed by atoms with Crippen LogP contribution in [0, 0.1) is 0 Å². The van der Waals surface area contributed by atoms with E-state index in [1.807, 2.05) is 35.9 Å². The maximum atomic E-state index is 12.3. The van der Waals surface area contributed by atoms with E-state index in [0.29, 0.717) is 19.5 Å². The van der Waals surface area contributed by atoms with Crippen molar-refractivity contribution in [1.29, 1.82) is 0 Å². The molecule has 0 radical (unpaired) electrons. The summed E-state index contributed by atoms with van der Waals surface area (Å²) < 4.78 is 31.8. The number of hydrogen-bond acceptors (Lipinski definition) is 5. The molecule has 30 heavy (non-hydrogen) atoms. The van der Waals surface area contributed by atoms with E-state index in [4.69, 9.17) is 4.74 Å². The first-order chi connectivity index (χ1) is 14.0. The van der Waals surface area contributed by atoms with Crippen molar-refractivity contribution in [3.8, 4) is 5.75 Å². The molecule has 2 rings (SSSR count). The molecule has 1 aromatic rings. The van der Waals surface area contributed by atoms with Crippen molar-refractivity contribution in [1.82, 2.24) is 9.62 Å². The zero-order valence-electron chi connectivity index (χ0n) is 18.4. The monoisotopic (exact) mass is 438 g/mol. The van der Waals surface area contributed by atoms with Gasteiger partial charge in [-0.05, 0) is 23.5 Å². The van der Waals surface area contributed by atoms with Crippen LogP contribution in [-0.2, 0) is 25.0 Å². The number of para-hydroxylation sites is 1. The lowest BCUT2D eigenvalue weighted by Gasteiger charge is -2.40. The fourth-order valence-corrected chi connectivity index (χ4v) is 4.42. The van der Waals surface area contributed by atoms with Crippen LogP contribution in [0.5, 0.6) is 5.75 Å². The summed E-state index contributed by atoms with van der Waals surface area (Å²) >= 11 is 0. The van der Waals surface area contributed by atoms with Gasteiger partial charge in [-0.25, -0.2) is 8.42 Å². The molecule has 0 aromatic heterocycles. The third kappa shape index (κ3) is 7.31. The number of sulfonamides is 1. The van der Waals surface area contributed by atoms with Crippen molar-refractivity contribution >= 4 is 21.8 Å². The van der Waals surface area contributed by atoms with E-state index in [1.54, 1.807) is 4.90 Å². The van der Waals surface area contributed by atoms with E-state index in [9.17, 15) is 18.0 Å². The number of benzene rings is 1. The van der Waals surface area contributed by atoms with Crippen LogP contribution in [0.1, 0.15) is 65.4 Å². The number of amides is 2. The zero-order chi connectivity index (χ0) is 22.4. The Morgan fingerprint density at radius 2 is 1.80 bits per heavy atom. The Kier molecular flexibility index (Phi) is 8.29. The summed E-state index contributed by atoms with van der Waals surface area (Å²) in [7, 11) is -3.62. The van der Waals surface area contributed by atoms with Gasteiger partial charge < -0.3 is 9.64 Å². The van der Waals surface area contributed by atoms with Crippen molar-refractivity contribution in [3.05, 3.63) is 29.8 Å². The summed E-state index contributed by atoms with van der Waals surface area (Å²) in [5.41, 5.74) is 1.08. The SMILES string of the molecule is CCCCCS(=O)(=O)NC(=O)CCC(=O)N1CC(Oc2ccccc2C(C)(C)C)C1. The van der Waals surface area contributed by atoms with Crippen molar-refractivity contribution in [2.45, 2.75) is 71.3 Å². The lowest BCUT2D eigenvalue weighted by Crippen LogP contribution is -2.56. The van der Waals surface area contributed by atoms with Gasteiger partial charge in [0.15, 0.2) is 0 Å². The predicted molar refractivity (Wildman–Crippen MR) is 117 cm³/mol. The Labute approximate surface area is 180 Å². The summed E-state index contributed by atoms with van der Waals surface area (Å²) in [4.78, 5) is 25.8. The Morgan fingerprint density at radius 3 is 2.43 bits per heavy atom. The van der Waals surface area contributed by atoms with E-state index in [-0.39, 0.29) is 36.0 Å². The molecule has 1 aliphatic heterocycles. The average Bonchev–Trinajstić information content (AvgIpc) is 2.61. The molecule has 1 saturated heterocycles. The second kappa shape index (κ2) is 10.3. The van der Waals surface area contributed by atoms with Gasteiger partial charge in [-0.15, -0.1) is 0 Å². The molecule has 0 spiro atoms.